The molecule has 2 aromatic carbocycles. The van der Waals surface area contributed by atoms with Crippen molar-refractivity contribution in [2.45, 2.75) is 50.6 Å². The highest BCUT2D eigenvalue weighted by molar-refractivity contribution is 5.86. The Kier molecular flexibility index (Phi) is 4.89. The topological polar surface area (TPSA) is 38.0 Å². The molecule has 0 aliphatic heterocycles. The van der Waals surface area contributed by atoms with Crippen LogP contribution in [0.15, 0.2) is 42.5 Å². The summed E-state index contributed by atoms with van der Waals surface area (Å²) in [6.45, 7) is 0.657. The Morgan fingerprint density at radius 2 is 1.67 bits per heavy atom. The van der Waals surface area contributed by atoms with Gasteiger partial charge in [-0.3, -0.25) is 0 Å². The molecule has 2 aromatic rings. The van der Waals surface area contributed by atoms with Crippen molar-refractivity contribution in [2.75, 3.05) is 6.54 Å². The van der Waals surface area contributed by atoms with E-state index < -0.39 is 0 Å². The third-order valence-electron chi connectivity index (χ3n) is 4.73. The maximum absolute atomic E-state index is 6.09. The molecule has 3 rings (SSSR count). The van der Waals surface area contributed by atoms with Crippen molar-refractivity contribution in [1.29, 1.82) is 0 Å². The molecule has 0 radical (unpaired) electrons. The van der Waals surface area contributed by atoms with E-state index >= 15 is 0 Å². The SMILES string of the molecule is NCC(NC1CCCCCC1)c1cccc2ccccc12. The van der Waals surface area contributed by atoms with Crippen LogP contribution in [0, 0.1) is 0 Å². The fourth-order valence-corrected chi connectivity index (χ4v) is 3.57. The summed E-state index contributed by atoms with van der Waals surface area (Å²) in [5.74, 6) is 0. The van der Waals surface area contributed by atoms with Crippen molar-refractivity contribution in [1.82, 2.24) is 5.32 Å². The van der Waals surface area contributed by atoms with Gasteiger partial charge in [0.05, 0.1) is 0 Å². The smallest absolute Gasteiger partial charge is 0.0452 e. The Labute approximate surface area is 127 Å². The molecule has 1 atom stereocenters. The lowest BCUT2D eigenvalue weighted by Crippen LogP contribution is -2.36. The molecule has 1 aliphatic rings. The number of hydrogen-bond donors (Lipinski definition) is 2. The molecule has 2 heteroatoms. The van der Waals surface area contributed by atoms with Gasteiger partial charge in [-0.1, -0.05) is 68.1 Å². The van der Waals surface area contributed by atoms with E-state index in [0.717, 1.165) is 0 Å². The molecule has 0 bridgehead atoms. The van der Waals surface area contributed by atoms with Crippen LogP contribution in [0.4, 0.5) is 0 Å². The van der Waals surface area contributed by atoms with Crippen molar-refractivity contribution in [3.63, 3.8) is 0 Å². The number of nitrogens with two attached hydrogens (primary N) is 1. The average Bonchev–Trinajstić information content (AvgIpc) is 2.81. The van der Waals surface area contributed by atoms with Crippen LogP contribution >= 0.6 is 0 Å². The Bertz CT molecular complexity index is 565. The third-order valence-corrected chi connectivity index (χ3v) is 4.73. The Morgan fingerprint density at radius 1 is 0.952 bits per heavy atom. The monoisotopic (exact) mass is 282 g/mol. The van der Waals surface area contributed by atoms with E-state index in [1.807, 2.05) is 0 Å². The van der Waals surface area contributed by atoms with Gasteiger partial charge in [0.25, 0.3) is 0 Å². The van der Waals surface area contributed by atoms with Crippen LogP contribution in [0.5, 0.6) is 0 Å². The highest BCUT2D eigenvalue weighted by Gasteiger charge is 2.18. The van der Waals surface area contributed by atoms with Crippen LogP contribution in [-0.2, 0) is 0 Å². The van der Waals surface area contributed by atoms with Gasteiger partial charge in [-0.2, -0.15) is 0 Å². The van der Waals surface area contributed by atoms with Gasteiger partial charge < -0.3 is 11.1 Å². The second-order valence-corrected chi connectivity index (χ2v) is 6.21. The molecule has 3 N–H and O–H groups in total. The molecule has 0 amide bonds. The van der Waals surface area contributed by atoms with Gasteiger partial charge in [-0.15, -0.1) is 0 Å². The molecule has 1 aliphatic carbocycles. The molecule has 1 fully saturated rings. The molecule has 21 heavy (non-hydrogen) atoms. The molecule has 112 valence electrons. The highest BCUT2D eigenvalue weighted by atomic mass is 15.0. The molecule has 2 nitrogen and oxygen atoms in total. The van der Waals surface area contributed by atoms with Crippen molar-refractivity contribution in [3.05, 3.63) is 48.0 Å². The summed E-state index contributed by atoms with van der Waals surface area (Å²) in [5, 5.41) is 6.46. The number of nitrogens with one attached hydrogen (secondary N) is 1. The second-order valence-electron chi connectivity index (χ2n) is 6.21. The number of rotatable bonds is 4. The summed E-state index contributed by atoms with van der Waals surface area (Å²) in [7, 11) is 0. The predicted octanol–water partition coefficient (Wildman–Crippen LogP) is 4.15. The Hall–Kier alpha value is -1.38. The first-order valence-electron chi connectivity index (χ1n) is 8.32. The van der Waals surface area contributed by atoms with Gasteiger partial charge in [0.15, 0.2) is 0 Å². The lowest BCUT2D eigenvalue weighted by molar-refractivity contribution is 0.404. The summed E-state index contributed by atoms with van der Waals surface area (Å²) in [4.78, 5) is 0. The summed E-state index contributed by atoms with van der Waals surface area (Å²) >= 11 is 0. The first kappa shape index (κ1) is 14.6. The van der Waals surface area contributed by atoms with Gasteiger partial charge in [-0.25, -0.2) is 0 Å². The van der Waals surface area contributed by atoms with Gasteiger partial charge in [0.1, 0.15) is 0 Å². The Morgan fingerprint density at radius 3 is 2.43 bits per heavy atom. The lowest BCUT2D eigenvalue weighted by atomic mass is 9.97. The minimum atomic E-state index is 0.263. The van der Waals surface area contributed by atoms with Crippen LogP contribution in [0.2, 0.25) is 0 Å². The molecule has 0 spiro atoms. The number of benzene rings is 2. The fourth-order valence-electron chi connectivity index (χ4n) is 3.57. The molecular weight excluding hydrogens is 256 g/mol. The lowest BCUT2D eigenvalue weighted by Gasteiger charge is -2.25. The molecule has 0 heterocycles. The van der Waals surface area contributed by atoms with Crippen LogP contribution in [-0.4, -0.2) is 12.6 Å². The van der Waals surface area contributed by atoms with Gasteiger partial charge in [0.2, 0.25) is 0 Å². The molecule has 1 saturated carbocycles. The summed E-state index contributed by atoms with van der Waals surface area (Å²) in [6, 6.07) is 16.0. The van der Waals surface area contributed by atoms with Gasteiger partial charge in [0, 0.05) is 18.6 Å². The van der Waals surface area contributed by atoms with E-state index in [1.165, 1.54) is 54.9 Å². The highest BCUT2D eigenvalue weighted by Crippen LogP contribution is 2.26. The molecular formula is C19H26N2. The molecule has 1 unspecified atom stereocenters. The zero-order chi connectivity index (χ0) is 14.5. The minimum absolute atomic E-state index is 0.263. The van der Waals surface area contributed by atoms with Gasteiger partial charge in [-0.05, 0) is 29.2 Å². The zero-order valence-electron chi connectivity index (χ0n) is 12.7. The van der Waals surface area contributed by atoms with Crippen molar-refractivity contribution < 1.29 is 0 Å². The Balaban J connectivity index is 1.84. The third kappa shape index (κ3) is 3.45. The van der Waals surface area contributed by atoms with Crippen LogP contribution in [0.25, 0.3) is 10.8 Å². The maximum atomic E-state index is 6.09. The second kappa shape index (κ2) is 7.06. The first-order valence-corrected chi connectivity index (χ1v) is 8.32. The summed E-state index contributed by atoms with van der Waals surface area (Å²) in [6.07, 6.45) is 8.07. The van der Waals surface area contributed by atoms with Crippen molar-refractivity contribution >= 4 is 10.8 Å². The van der Waals surface area contributed by atoms with Crippen LogP contribution in [0.1, 0.15) is 50.1 Å². The van der Waals surface area contributed by atoms with Gasteiger partial charge >= 0.3 is 0 Å². The van der Waals surface area contributed by atoms with E-state index in [4.69, 9.17) is 5.73 Å². The quantitative estimate of drug-likeness (QED) is 0.827. The number of fused-ring (bicyclic) bond motifs is 1. The van der Waals surface area contributed by atoms with E-state index in [0.29, 0.717) is 12.6 Å². The largest absolute Gasteiger partial charge is 0.329 e. The minimum Gasteiger partial charge on any atom is -0.329 e. The fraction of sp³-hybridized carbons (Fsp3) is 0.474. The molecule has 0 aromatic heterocycles. The predicted molar refractivity (Wildman–Crippen MR) is 90.4 cm³/mol. The average molecular weight is 282 g/mol. The van der Waals surface area contributed by atoms with Crippen LogP contribution in [0.3, 0.4) is 0 Å². The summed E-state index contributed by atoms with van der Waals surface area (Å²) < 4.78 is 0. The zero-order valence-corrected chi connectivity index (χ0v) is 12.7. The molecule has 0 saturated heterocycles. The van der Waals surface area contributed by atoms with Crippen molar-refractivity contribution in [2.24, 2.45) is 5.73 Å². The van der Waals surface area contributed by atoms with E-state index in [2.05, 4.69) is 47.8 Å². The number of hydrogen-bond acceptors (Lipinski definition) is 2. The first-order chi connectivity index (χ1) is 10.4. The summed E-state index contributed by atoms with van der Waals surface area (Å²) in [5.41, 5.74) is 7.44. The van der Waals surface area contributed by atoms with Crippen LogP contribution < -0.4 is 11.1 Å². The van der Waals surface area contributed by atoms with Crippen molar-refractivity contribution in [3.8, 4) is 0 Å². The van der Waals surface area contributed by atoms with E-state index in [9.17, 15) is 0 Å². The normalized spacial score (nSPS) is 18.5. The standard InChI is InChI=1S/C19H26N2/c20-14-19(21-16-10-3-1-2-4-11-16)18-13-7-9-15-8-5-6-12-17(15)18/h5-9,12-13,16,19,21H,1-4,10-11,14,20H2. The maximum Gasteiger partial charge on any atom is 0.0452 e. The van der Waals surface area contributed by atoms with E-state index in [1.54, 1.807) is 0 Å². The van der Waals surface area contributed by atoms with E-state index in [-0.39, 0.29) is 6.04 Å².